The lowest BCUT2D eigenvalue weighted by molar-refractivity contribution is -0.140. The lowest BCUT2D eigenvalue weighted by atomic mass is 10.1. The molecular formula is C31H37Cl2N3O5S. The molecule has 0 aliphatic carbocycles. The molecule has 8 nitrogen and oxygen atoms in total. The molecule has 11 heteroatoms. The predicted octanol–water partition coefficient (Wildman–Crippen LogP) is 6.23. The summed E-state index contributed by atoms with van der Waals surface area (Å²) in [6, 6.07) is 16.9. The second kappa shape index (κ2) is 14.8. The van der Waals surface area contributed by atoms with Crippen molar-refractivity contribution in [3.05, 3.63) is 87.9 Å². The Morgan fingerprint density at radius 2 is 1.60 bits per heavy atom. The van der Waals surface area contributed by atoms with Gasteiger partial charge in [-0.1, -0.05) is 66.9 Å². The third-order valence-corrected chi connectivity index (χ3v) is 9.30. The number of hydrogen-bond acceptors (Lipinski definition) is 5. The van der Waals surface area contributed by atoms with Crippen LogP contribution in [0, 0.1) is 6.92 Å². The number of hydrogen-bond donors (Lipinski definition) is 1. The van der Waals surface area contributed by atoms with Crippen LogP contribution in [0.3, 0.4) is 0 Å². The van der Waals surface area contributed by atoms with Gasteiger partial charge in [-0.05, 0) is 74.7 Å². The van der Waals surface area contributed by atoms with Crippen LogP contribution >= 0.6 is 23.2 Å². The zero-order valence-corrected chi connectivity index (χ0v) is 26.8. The summed E-state index contributed by atoms with van der Waals surface area (Å²) in [6.07, 6.45) is 1.04. The van der Waals surface area contributed by atoms with Gasteiger partial charge in [-0.15, -0.1) is 0 Å². The Bertz CT molecular complexity index is 1480. The van der Waals surface area contributed by atoms with E-state index in [0.717, 1.165) is 15.4 Å². The molecule has 0 heterocycles. The van der Waals surface area contributed by atoms with Gasteiger partial charge in [-0.3, -0.25) is 13.9 Å². The van der Waals surface area contributed by atoms with Gasteiger partial charge >= 0.3 is 0 Å². The molecule has 3 aromatic carbocycles. The lowest BCUT2D eigenvalue weighted by Crippen LogP contribution is -2.53. The molecule has 0 aliphatic rings. The van der Waals surface area contributed by atoms with Gasteiger partial charge in [0, 0.05) is 17.6 Å². The van der Waals surface area contributed by atoms with Gasteiger partial charge in [0.2, 0.25) is 11.8 Å². The smallest absolute Gasteiger partial charge is 0.264 e. The van der Waals surface area contributed by atoms with Gasteiger partial charge in [0.15, 0.2) is 0 Å². The van der Waals surface area contributed by atoms with Gasteiger partial charge in [-0.25, -0.2) is 8.42 Å². The van der Waals surface area contributed by atoms with Gasteiger partial charge in [0.25, 0.3) is 10.0 Å². The molecule has 0 aliphatic heterocycles. The van der Waals surface area contributed by atoms with Crippen LogP contribution in [0.15, 0.2) is 71.6 Å². The minimum Gasteiger partial charge on any atom is -0.495 e. The summed E-state index contributed by atoms with van der Waals surface area (Å²) in [7, 11) is -2.77. The maximum Gasteiger partial charge on any atom is 0.264 e. The van der Waals surface area contributed by atoms with Crippen LogP contribution in [0.5, 0.6) is 5.75 Å². The third-order valence-electron chi connectivity index (χ3n) is 6.96. The molecule has 0 radical (unpaired) electrons. The minimum atomic E-state index is -4.22. The van der Waals surface area contributed by atoms with Crippen molar-refractivity contribution < 1.29 is 22.7 Å². The van der Waals surface area contributed by atoms with Gasteiger partial charge in [-0.2, -0.15) is 0 Å². The Labute approximate surface area is 258 Å². The van der Waals surface area contributed by atoms with Gasteiger partial charge in [0.1, 0.15) is 18.3 Å². The quantitative estimate of drug-likeness (QED) is 0.241. The van der Waals surface area contributed by atoms with E-state index >= 15 is 0 Å². The average Bonchev–Trinajstić information content (AvgIpc) is 2.96. The first-order valence-electron chi connectivity index (χ1n) is 13.7. The number of amides is 2. The zero-order valence-electron chi connectivity index (χ0n) is 24.4. The Morgan fingerprint density at radius 1 is 0.952 bits per heavy atom. The van der Waals surface area contributed by atoms with E-state index in [1.165, 1.54) is 36.3 Å². The van der Waals surface area contributed by atoms with Crippen LogP contribution in [0.2, 0.25) is 10.0 Å². The molecule has 2 atom stereocenters. The molecule has 0 saturated heterocycles. The maximum atomic E-state index is 14.2. The van der Waals surface area contributed by atoms with Crippen molar-refractivity contribution in [1.29, 1.82) is 0 Å². The van der Waals surface area contributed by atoms with Crippen molar-refractivity contribution in [2.24, 2.45) is 0 Å². The SMILES string of the molecule is CCC(C)NC(=O)C(CC)N(Cc1ccc(Cl)cc1)C(=O)CN(c1ccc(OC)c(Cl)c1)S(=O)(=O)c1ccc(C)cc1. The standard InChI is InChI=1S/C31H37Cl2N3O5S/c1-6-22(4)34-31(38)28(7-2)35(19-23-10-12-24(32)13-11-23)30(37)20-36(25-14-17-29(41-5)27(33)18-25)42(39,40)26-15-8-21(3)9-16-26/h8-18,22,28H,6-7,19-20H2,1-5H3,(H,34,38). The normalized spacial score (nSPS) is 12.7. The fraction of sp³-hybridized carbons (Fsp3) is 0.355. The van der Waals surface area contributed by atoms with E-state index in [-0.39, 0.29) is 34.1 Å². The summed E-state index contributed by atoms with van der Waals surface area (Å²) in [4.78, 5) is 29.0. The van der Waals surface area contributed by atoms with Crippen molar-refractivity contribution in [3.63, 3.8) is 0 Å². The topological polar surface area (TPSA) is 96.0 Å². The van der Waals surface area contributed by atoms with Crippen LogP contribution in [0.1, 0.15) is 44.7 Å². The summed E-state index contributed by atoms with van der Waals surface area (Å²) in [6.45, 7) is 7.01. The van der Waals surface area contributed by atoms with Crippen molar-refractivity contribution in [2.45, 2.75) is 64.1 Å². The first-order chi connectivity index (χ1) is 19.9. The first kappa shape index (κ1) is 33.2. The van der Waals surface area contributed by atoms with Crippen LogP contribution < -0.4 is 14.4 Å². The average molecular weight is 635 g/mol. The zero-order chi connectivity index (χ0) is 31.0. The van der Waals surface area contributed by atoms with E-state index in [0.29, 0.717) is 23.6 Å². The number of carbonyl (C=O) groups is 2. The summed E-state index contributed by atoms with van der Waals surface area (Å²) >= 11 is 12.5. The summed E-state index contributed by atoms with van der Waals surface area (Å²) in [5, 5.41) is 3.68. The fourth-order valence-electron chi connectivity index (χ4n) is 4.32. The van der Waals surface area contributed by atoms with Gasteiger partial charge in [0.05, 0.1) is 22.7 Å². The molecular weight excluding hydrogens is 597 g/mol. The molecule has 0 aromatic heterocycles. The van der Waals surface area contributed by atoms with E-state index in [2.05, 4.69) is 5.32 Å². The molecule has 0 spiro atoms. The number of anilines is 1. The Balaban J connectivity index is 2.09. The first-order valence-corrected chi connectivity index (χ1v) is 15.9. The number of nitrogens with zero attached hydrogens (tertiary/aromatic N) is 2. The molecule has 0 saturated carbocycles. The van der Waals surface area contributed by atoms with E-state index < -0.39 is 28.5 Å². The summed E-state index contributed by atoms with van der Waals surface area (Å²) < 4.78 is 34.3. The highest BCUT2D eigenvalue weighted by atomic mass is 35.5. The van der Waals surface area contributed by atoms with Crippen LogP contribution in [-0.4, -0.2) is 50.9 Å². The van der Waals surface area contributed by atoms with Gasteiger partial charge < -0.3 is 15.0 Å². The van der Waals surface area contributed by atoms with Crippen molar-refractivity contribution in [3.8, 4) is 5.75 Å². The predicted molar refractivity (Wildman–Crippen MR) is 168 cm³/mol. The number of halogens is 2. The molecule has 3 rings (SSSR count). The monoisotopic (exact) mass is 633 g/mol. The Morgan fingerprint density at radius 3 is 2.14 bits per heavy atom. The third kappa shape index (κ3) is 8.18. The van der Waals surface area contributed by atoms with Crippen LogP contribution in [-0.2, 0) is 26.2 Å². The number of benzene rings is 3. The molecule has 2 amide bonds. The number of sulfonamides is 1. The molecule has 2 unspecified atom stereocenters. The van der Waals surface area contributed by atoms with Crippen molar-refractivity contribution in [2.75, 3.05) is 18.0 Å². The van der Waals surface area contributed by atoms with Crippen LogP contribution in [0.4, 0.5) is 5.69 Å². The minimum absolute atomic E-state index is 0.0126. The largest absolute Gasteiger partial charge is 0.495 e. The number of ether oxygens (including phenoxy) is 1. The summed E-state index contributed by atoms with van der Waals surface area (Å²) in [5.41, 5.74) is 1.80. The van der Waals surface area contributed by atoms with E-state index in [4.69, 9.17) is 27.9 Å². The maximum absolute atomic E-state index is 14.2. The molecule has 3 aromatic rings. The number of nitrogens with one attached hydrogen (secondary N) is 1. The second-order valence-corrected chi connectivity index (χ2v) is 12.7. The molecule has 42 heavy (non-hydrogen) atoms. The number of rotatable bonds is 13. The molecule has 0 bridgehead atoms. The highest BCUT2D eigenvalue weighted by Crippen LogP contribution is 2.32. The Hall–Kier alpha value is -3.27. The molecule has 0 fully saturated rings. The highest BCUT2D eigenvalue weighted by Gasteiger charge is 2.34. The fourth-order valence-corrected chi connectivity index (χ4v) is 6.11. The summed E-state index contributed by atoms with van der Waals surface area (Å²) in [5.74, 6) is -0.509. The highest BCUT2D eigenvalue weighted by molar-refractivity contribution is 7.92. The van der Waals surface area contributed by atoms with E-state index in [9.17, 15) is 18.0 Å². The van der Waals surface area contributed by atoms with Crippen LogP contribution in [0.25, 0.3) is 0 Å². The second-order valence-electron chi connectivity index (χ2n) is 10.0. The number of methoxy groups -OCH3 is 1. The molecule has 1 N–H and O–H groups in total. The number of carbonyl (C=O) groups excluding carboxylic acids is 2. The lowest BCUT2D eigenvalue weighted by Gasteiger charge is -2.33. The number of aryl methyl sites for hydroxylation is 1. The molecule has 226 valence electrons. The van der Waals surface area contributed by atoms with Crippen molar-refractivity contribution >= 4 is 50.7 Å². The van der Waals surface area contributed by atoms with Crippen molar-refractivity contribution in [1.82, 2.24) is 10.2 Å². The van der Waals surface area contributed by atoms with E-state index in [1.807, 2.05) is 27.7 Å². The Kier molecular flexibility index (Phi) is 11.7. The van der Waals surface area contributed by atoms with E-state index in [1.54, 1.807) is 42.5 Å².